The average molecular weight is 437 g/mol. The lowest BCUT2D eigenvalue weighted by atomic mass is 9.86. The monoisotopic (exact) mass is 436 g/mol. The quantitative estimate of drug-likeness (QED) is 0.753. The van der Waals surface area contributed by atoms with Gasteiger partial charge in [0.15, 0.2) is 0 Å². The smallest absolute Gasteiger partial charge is 0.315 e. The maximum Gasteiger partial charge on any atom is 0.315 e. The Morgan fingerprint density at radius 1 is 1.06 bits per heavy atom. The fraction of sp³-hybridized carbons (Fsp3) is 0.560. The van der Waals surface area contributed by atoms with E-state index < -0.39 is 0 Å². The van der Waals surface area contributed by atoms with Gasteiger partial charge in [0.05, 0.1) is 0 Å². The molecule has 1 aromatic heterocycles. The minimum absolute atomic E-state index is 0.0255. The topological polar surface area (TPSA) is 73.4 Å². The van der Waals surface area contributed by atoms with Gasteiger partial charge >= 0.3 is 6.03 Å². The predicted molar refractivity (Wildman–Crippen MR) is 128 cm³/mol. The van der Waals surface area contributed by atoms with Gasteiger partial charge in [-0.05, 0) is 41.9 Å². The molecule has 1 saturated heterocycles. The zero-order valence-electron chi connectivity index (χ0n) is 19.6. The highest BCUT2D eigenvalue weighted by Crippen LogP contribution is 2.24. The van der Waals surface area contributed by atoms with E-state index in [0.29, 0.717) is 0 Å². The fourth-order valence-electron chi connectivity index (χ4n) is 4.57. The van der Waals surface area contributed by atoms with E-state index in [1.165, 1.54) is 11.1 Å². The molecule has 0 aliphatic carbocycles. The summed E-state index contributed by atoms with van der Waals surface area (Å²) in [4.78, 5) is 26.2. The summed E-state index contributed by atoms with van der Waals surface area (Å²) in [6, 6.07) is 10.7. The van der Waals surface area contributed by atoms with Crippen molar-refractivity contribution >= 4 is 12.0 Å². The Bertz CT molecular complexity index is 889. The number of hydrogen-bond acceptors (Lipinski definition) is 5. The third kappa shape index (κ3) is 5.76. The fourth-order valence-corrected chi connectivity index (χ4v) is 4.57. The van der Waals surface area contributed by atoms with Gasteiger partial charge in [0.2, 0.25) is 5.95 Å². The standard InChI is InChI=1S/C25H36N6O/c1-25(2,3)22(18-30-14-9-19-7-4-5-8-20(19)17-30)29-24(32)28-21-10-15-31(16-11-21)23-26-12-6-13-27-23/h4-8,12-13,21-22H,9-11,14-18H2,1-3H3,(H2,28,29,32). The number of rotatable bonds is 5. The van der Waals surface area contributed by atoms with E-state index in [4.69, 9.17) is 0 Å². The van der Waals surface area contributed by atoms with Crippen molar-refractivity contribution in [2.45, 2.75) is 58.7 Å². The van der Waals surface area contributed by atoms with Crippen LogP contribution in [0.2, 0.25) is 0 Å². The van der Waals surface area contributed by atoms with Crippen molar-refractivity contribution in [2.24, 2.45) is 5.41 Å². The van der Waals surface area contributed by atoms with E-state index in [-0.39, 0.29) is 23.5 Å². The molecule has 2 aliphatic rings. The highest BCUT2D eigenvalue weighted by atomic mass is 16.2. The van der Waals surface area contributed by atoms with E-state index in [1.54, 1.807) is 12.4 Å². The van der Waals surface area contributed by atoms with Gasteiger partial charge in [-0.15, -0.1) is 0 Å². The van der Waals surface area contributed by atoms with Crippen LogP contribution in [-0.4, -0.2) is 59.2 Å². The molecule has 0 radical (unpaired) electrons. The number of benzene rings is 1. The van der Waals surface area contributed by atoms with Gasteiger partial charge in [-0.25, -0.2) is 14.8 Å². The number of anilines is 1. The first kappa shape index (κ1) is 22.5. The molecular weight excluding hydrogens is 400 g/mol. The number of hydrogen-bond donors (Lipinski definition) is 2. The summed E-state index contributed by atoms with van der Waals surface area (Å²) in [5.74, 6) is 0.770. The van der Waals surface area contributed by atoms with Crippen molar-refractivity contribution < 1.29 is 4.79 Å². The third-order valence-corrected chi connectivity index (χ3v) is 6.67. The minimum Gasteiger partial charge on any atom is -0.341 e. The Labute approximate surface area is 191 Å². The molecule has 2 aromatic rings. The van der Waals surface area contributed by atoms with E-state index in [1.807, 2.05) is 6.07 Å². The number of amides is 2. The Kier molecular flexibility index (Phi) is 6.94. The van der Waals surface area contributed by atoms with Crippen LogP contribution >= 0.6 is 0 Å². The van der Waals surface area contributed by atoms with Gasteiger partial charge in [0.1, 0.15) is 0 Å². The van der Waals surface area contributed by atoms with Crippen LogP contribution in [0.3, 0.4) is 0 Å². The van der Waals surface area contributed by atoms with Crippen molar-refractivity contribution in [1.29, 1.82) is 0 Å². The van der Waals surface area contributed by atoms with E-state index >= 15 is 0 Å². The second kappa shape index (κ2) is 9.86. The van der Waals surface area contributed by atoms with Crippen molar-refractivity contribution in [1.82, 2.24) is 25.5 Å². The number of nitrogens with one attached hydrogen (secondary N) is 2. The lowest BCUT2D eigenvalue weighted by Gasteiger charge is -2.38. The number of carbonyl (C=O) groups is 1. The number of urea groups is 1. The second-order valence-corrected chi connectivity index (χ2v) is 10.1. The van der Waals surface area contributed by atoms with Gasteiger partial charge in [-0.1, -0.05) is 45.0 Å². The maximum atomic E-state index is 12.9. The molecule has 1 aromatic carbocycles. The Morgan fingerprint density at radius 3 is 2.44 bits per heavy atom. The molecule has 0 spiro atoms. The summed E-state index contributed by atoms with van der Waals surface area (Å²) in [7, 11) is 0. The summed E-state index contributed by atoms with van der Waals surface area (Å²) in [6.45, 7) is 11.2. The Balaban J connectivity index is 1.28. The van der Waals surface area contributed by atoms with E-state index in [2.05, 4.69) is 75.4 Å². The van der Waals surface area contributed by atoms with Gasteiger partial charge in [0, 0.05) is 57.2 Å². The van der Waals surface area contributed by atoms with Gasteiger partial charge in [-0.3, -0.25) is 4.90 Å². The van der Waals surface area contributed by atoms with Crippen LogP contribution < -0.4 is 15.5 Å². The molecule has 2 N–H and O–H groups in total. The Morgan fingerprint density at radius 2 is 1.75 bits per heavy atom. The van der Waals surface area contributed by atoms with Gasteiger partial charge < -0.3 is 15.5 Å². The lowest BCUT2D eigenvalue weighted by molar-refractivity contribution is 0.160. The molecule has 1 atom stereocenters. The largest absolute Gasteiger partial charge is 0.341 e. The van der Waals surface area contributed by atoms with Crippen molar-refractivity contribution in [2.75, 3.05) is 31.1 Å². The molecule has 4 rings (SSSR count). The molecule has 7 heteroatoms. The molecule has 3 heterocycles. The molecule has 172 valence electrons. The van der Waals surface area contributed by atoms with Crippen LogP contribution in [-0.2, 0) is 13.0 Å². The number of fused-ring (bicyclic) bond motifs is 1. The molecule has 1 fully saturated rings. The van der Waals surface area contributed by atoms with Crippen molar-refractivity contribution in [3.05, 3.63) is 53.9 Å². The van der Waals surface area contributed by atoms with Gasteiger partial charge in [-0.2, -0.15) is 0 Å². The highest BCUT2D eigenvalue weighted by Gasteiger charge is 2.30. The summed E-state index contributed by atoms with van der Waals surface area (Å²) >= 11 is 0. The van der Waals surface area contributed by atoms with Crippen molar-refractivity contribution in [3.8, 4) is 0 Å². The molecule has 32 heavy (non-hydrogen) atoms. The zero-order chi connectivity index (χ0) is 22.6. The third-order valence-electron chi connectivity index (χ3n) is 6.67. The maximum absolute atomic E-state index is 12.9. The highest BCUT2D eigenvalue weighted by molar-refractivity contribution is 5.74. The number of aromatic nitrogens is 2. The molecular formula is C25H36N6O. The van der Waals surface area contributed by atoms with E-state index in [9.17, 15) is 4.79 Å². The van der Waals surface area contributed by atoms with Crippen LogP contribution in [0, 0.1) is 5.41 Å². The number of carbonyl (C=O) groups excluding carboxylic acids is 1. The molecule has 1 unspecified atom stereocenters. The Hall–Kier alpha value is -2.67. The van der Waals surface area contributed by atoms with Crippen LogP contribution in [0.1, 0.15) is 44.7 Å². The van der Waals surface area contributed by atoms with Crippen LogP contribution in [0.4, 0.5) is 10.7 Å². The molecule has 2 aliphatic heterocycles. The molecule has 0 bridgehead atoms. The van der Waals surface area contributed by atoms with E-state index in [0.717, 1.165) is 57.9 Å². The first-order chi connectivity index (χ1) is 15.4. The van der Waals surface area contributed by atoms with Crippen molar-refractivity contribution in [3.63, 3.8) is 0 Å². The molecule has 0 saturated carbocycles. The first-order valence-electron chi connectivity index (χ1n) is 11.8. The second-order valence-electron chi connectivity index (χ2n) is 10.1. The summed E-state index contributed by atoms with van der Waals surface area (Å²) in [6.07, 6.45) is 6.41. The molecule has 7 nitrogen and oxygen atoms in total. The lowest BCUT2D eigenvalue weighted by Crippen LogP contribution is -2.56. The van der Waals surface area contributed by atoms with Crippen LogP contribution in [0.5, 0.6) is 0 Å². The average Bonchev–Trinajstić information content (AvgIpc) is 2.79. The summed E-state index contributed by atoms with van der Waals surface area (Å²) < 4.78 is 0. The summed E-state index contributed by atoms with van der Waals surface area (Å²) in [5.41, 5.74) is 2.83. The molecule has 2 amide bonds. The minimum atomic E-state index is -0.0586. The first-order valence-corrected chi connectivity index (χ1v) is 11.8. The van der Waals surface area contributed by atoms with Gasteiger partial charge in [0.25, 0.3) is 0 Å². The predicted octanol–water partition coefficient (Wildman–Crippen LogP) is 3.22. The zero-order valence-corrected chi connectivity index (χ0v) is 19.6. The van der Waals surface area contributed by atoms with Crippen LogP contribution in [0.15, 0.2) is 42.7 Å². The normalized spacial score (nSPS) is 18.7. The SMILES string of the molecule is CC(C)(C)C(CN1CCc2ccccc2C1)NC(=O)NC1CCN(c2ncccn2)CC1. The summed E-state index contributed by atoms with van der Waals surface area (Å²) in [5, 5.41) is 6.50. The number of piperidine rings is 1. The number of nitrogens with zero attached hydrogens (tertiary/aromatic N) is 4. The van der Waals surface area contributed by atoms with Crippen LogP contribution in [0.25, 0.3) is 0 Å².